The molecular formula is C14H22N2O3. The van der Waals surface area contributed by atoms with Crippen LogP contribution >= 0.6 is 0 Å². The van der Waals surface area contributed by atoms with Crippen molar-refractivity contribution in [2.45, 2.75) is 13.8 Å². The van der Waals surface area contributed by atoms with Crippen LogP contribution in [0, 0.1) is 6.92 Å². The summed E-state index contributed by atoms with van der Waals surface area (Å²) in [7, 11) is 1.62. The lowest BCUT2D eigenvalue weighted by molar-refractivity contribution is -0.117. The molecule has 0 bridgehead atoms. The van der Waals surface area contributed by atoms with Crippen LogP contribution in [0.1, 0.15) is 12.5 Å². The quantitative estimate of drug-likeness (QED) is 0.730. The number of benzene rings is 1. The van der Waals surface area contributed by atoms with Gasteiger partial charge in [0.05, 0.1) is 18.8 Å². The van der Waals surface area contributed by atoms with Crippen molar-refractivity contribution in [2.75, 3.05) is 38.3 Å². The second-order valence-electron chi connectivity index (χ2n) is 4.28. The van der Waals surface area contributed by atoms with Gasteiger partial charge < -0.3 is 20.1 Å². The van der Waals surface area contributed by atoms with Crippen molar-refractivity contribution < 1.29 is 14.6 Å². The minimum absolute atomic E-state index is 0.0210. The zero-order chi connectivity index (χ0) is 14.3. The van der Waals surface area contributed by atoms with Gasteiger partial charge in [-0.3, -0.25) is 4.79 Å². The maximum Gasteiger partial charge on any atom is 0.240 e. The fourth-order valence-electron chi connectivity index (χ4n) is 1.83. The highest BCUT2D eigenvalue weighted by Gasteiger charge is 2.15. The Morgan fingerprint density at radius 3 is 2.84 bits per heavy atom. The smallest absolute Gasteiger partial charge is 0.240 e. The van der Waals surface area contributed by atoms with Crippen LogP contribution in [0.15, 0.2) is 18.2 Å². The van der Waals surface area contributed by atoms with E-state index in [0.717, 1.165) is 11.3 Å². The molecule has 1 rings (SSSR count). The van der Waals surface area contributed by atoms with Crippen molar-refractivity contribution in [3.05, 3.63) is 23.8 Å². The largest absolute Gasteiger partial charge is 0.508 e. The molecule has 5 heteroatoms. The molecule has 0 spiro atoms. The predicted molar refractivity (Wildman–Crippen MR) is 75.6 cm³/mol. The first kappa shape index (κ1) is 15.5. The Balaban J connectivity index is 2.71. The number of rotatable bonds is 7. The predicted octanol–water partition coefficient (Wildman–Crippen LogP) is 1.29. The maximum atomic E-state index is 12.1. The Bertz CT molecular complexity index is 421. The fraction of sp³-hybridized carbons (Fsp3) is 0.500. The van der Waals surface area contributed by atoms with Crippen molar-refractivity contribution in [2.24, 2.45) is 0 Å². The standard InChI is InChI=1S/C14H22N2O3/c1-4-16(14(18)10-15-7-8-19-3)13-9-12(17)6-5-11(13)2/h5-6,9,15,17H,4,7-8,10H2,1-3H3. The van der Waals surface area contributed by atoms with Gasteiger partial charge in [0.2, 0.25) is 5.91 Å². The average Bonchev–Trinajstić information content (AvgIpc) is 2.39. The molecule has 2 N–H and O–H groups in total. The molecule has 0 saturated carbocycles. The van der Waals surface area contributed by atoms with Crippen LogP contribution in [-0.4, -0.2) is 44.4 Å². The third-order valence-corrected chi connectivity index (χ3v) is 2.86. The van der Waals surface area contributed by atoms with Gasteiger partial charge in [-0.1, -0.05) is 6.07 Å². The highest BCUT2D eigenvalue weighted by Crippen LogP contribution is 2.24. The topological polar surface area (TPSA) is 61.8 Å². The van der Waals surface area contributed by atoms with Gasteiger partial charge in [0.25, 0.3) is 0 Å². The number of methoxy groups -OCH3 is 1. The van der Waals surface area contributed by atoms with Crippen molar-refractivity contribution >= 4 is 11.6 Å². The lowest BCUT2D eigenvalue weighted by Gasteiger charge is -2.23. The molecule has 0 atom stereocenters. The van der Waals surface area contributed by atoms with Crippen LogP contribution in [0.3, 0.4) is 0 Å². The van der Waals surface area contributed by atoms with Crippen molar-refractivity contribution in [1.29, 1.82) is 0 Å². The number of carbonyl (C=O) groups excluding carboxylic acids is 1. The maximum absolute atomic E-state index is 12.1. The zero-order valence-corrected chi connectivity index (χ0v) is 11.8. The number of phenolic OH excluding ortho intramolecular Hbond substituents is 1. The van der Waals surface area contributed by atoms with Crippen LogP contribution in [0.5, 0.6) is 5.75 Å². The minimum Gasteiger partial charge on any atom is -0.508 e. The SMILES string of the molecule is CCN(C(=O)CNCCOC)c1cc(O)ccc1C. The Morgan fingerprint density at radius 2 is 2.21 bits per heavy atom. The van der Waals surface area contributed by atoms with Crippen LogP contribution < -0.4 is 10.2 Å². The molecule has 106 valence electrons. The number of likely N-dealkylation sites (N-methyl/N-ethyl adjacent to an activating group) is 1. The molecular weight excluding hydrogens is 244 g/mol. The molecule has 0 aliphatic heterocycles. The molecule has 1 aromatic carbocycles. The van der Waals surface area contributed by atoms with Crippen LogP contribution in [0.2, 0.25) is 0 Å². The number of hydrogen-bond donors (Lipinski definition) is 2. The number of amides is 1. The van der Waals surface area contributed by atoms with E-state index in [-0.39, 0.29) is 18.2 Å². The van der Waals surface area contributed by atoms with E-state index < -0.39 is 0 Å². The normalized spacial score (nSPS) is 10.5. The molecule has 5 nitrogen and oxygen atoms in total. The number of aryl methyl sites for hydroxylation is 1. The summed E-state index contributed by atoms with van der Waals surface area (Å²) >= 11 is 0. The average molecular weight is 266 g/mol. The van der Waals surface area contributed by atoms with E-state index in [1.54, 1.807) is 30.2 Å². The third kappa shape index (κ3) is 4.54. The molecule has 1 amide bonds. The number of anilines is 1. The van der Waals surface area contributed by atoms with Crippen LogP contribution in [-0.2, 0) is 9.53 Å². The number of ether oxygens (including phenoxy) is 1. The Labute approximate surface area is 114 Å². The summed E-state index contributed by atoms with van der Waals surface area (Å²) in [4.78, 5) is 13.8. The second kappa shape index (κ2) is 7.76. The molecule has 0 aromatic heterocycles. The molecule has 0 aliphatic carbocycles. The van der Waals surface area contributed by atoms with Gasteiger partial charge >= 0.3 is 0 Å². The lowest BCUT2D eigenvalue weighted by atomic mass is 10.1. The summed E-state index contributed by atoms with van der Waals surface area (Å²) in [6.07, 6.45) is 0. The fourth-order valence-corrected chi connectivity index (χ4v) is 1.83. The van der Waals surface area contributed by atoms with E-state index in [2.05, 4.69) is 5.32 Å². The monoisotopic (exact) mass is 266 g/mol. The Hall–Kier alpha value is -1.59. The van der Waals surface area contributed by atoms with E-state index in [0.29, 0.717) is 19.7 Å². The summed E-state index contributed by atoms with van der Waals surface area (Å²) < 4.78 is 4.91. The van der Waals surface area contributed by atoms with Gasteiger partial charge in [0.1, 0.15) is 5.75 Å². The number of carbonyl (C=O) groups is 1. The van der Waals surface area contributed by atoms with Gasteiger partial charge in [-0.25, -0.2) is 0 Å². The zero-order valence-electron chi connectivity index (χ0n) is 11.8. The van der Waals surface area contributed by atoms with Gasteiger partial charge in [-0.05, 0) is 25.5 Å². The second-order valence-corrected chi connectivity index (χ2v) is 4.28. The first-order valence-corrected chi connectivity index (χ1v) is 6.39. The van der Waals surface area contributed by atoms with Crippen LogP contribution in [0.25, 0.3) is 0 Å². The third-order valence-electron chi connectivity index (χ3n) is 2.86. The van der Waals surface area contributed by atoms with E-state index in [1.807, 2.05) is 13.8 Å². The number of hydrogen-bond acceptors (Lipinski definition) is 4. The minimum atomic E-state index is -0.0210. The van der Waals surface area contributed by atoms with Crippen molar-refractivity contribution in [3.8, 4) is 5.75 Å². The van der Waals surface area contributed by atoms with Gasteiger partial charge in [0.15, 0.2) is 0 Å². The number of nitrogens with one attached hydrogen (secondary N) is 1. The lowest BCUT2D eigenvalue weighted by Crippen LogP contribution is -2.39. The van der Waals surface area contributed by atoms with Gasteiger partial charge in [-0.15, -0.1) is 0 Å². The number of phenols is 1. The Morgan fingerprint density at radius 1 is 1.47 bits per heavy atom. The summed E-state index contributed by atoms with van der Waals surface area (Å²) in [6, 6.07) is 5.04. The molecule has 0 heterocycles. The van der Waals surface area contributed by atoms with E-state index in [1.165, 1.54) is 0 Å². The van der Waals surface area contributed by atoms with Gasteiger partial charge in [-0.2, -0.15) is 0 Å². The van der Waals surface area contributed by atoms with Crippen molar-refractivity contribution in [1.82, 2.24) is 5.32 Å². The molecule has 0 saturated heterocycles. The van der Waals surface area contributed by atoms with E-state index >= 15 is 0 Å². The first-order valence-electron chi connectivity index (χ1n) is 6.39. The van der Waals surface area contributed by atoms with Crippen LogP contribution in [0.4, 0.5) is 5.69 Å². The first-order chi connectivity index (χ1) is 9.10. The Kier molecular flexibility index (Phi) is 6.32. The highest BCUT2D eigenvalue weighted by atomic mass is 16.5. The molecule has 0 aliphatic rings. The molecule has 0 radical (unpaired) electrons. The summed E-state index contributed by atoms with van der Waals surface area (Å²) in [5.74, 6) is 0.145. The summed E-state index contributed by atoms with van der Waals surface area (Å²) in [6.45, 7) is 5.87. The van der Waals surface area contributed by atoms with E-state index in [4.69, 9.17) is 4.74 Å². The van der Waals surface area contributed by atoms with Crippen molar-refractivity contribution in [3.63, 3.8) is 0 Å². The number of aromatic hydroxyl groups is 1. The molecule has 0 fully saturated rings. The summed E-state index contributed by atoms with van der Waals surface area (Å²) in [5.41, 5.74) is 1.71. The molecule has 1 aromatic rings. The van der Waals surface area contributed by atoms with E-state index in [9.17, 15) is 9.90 Å². The highest BCUT2D eigenvalue weighted by molar-refractivity contribution is 5.95. The summed E-state index contributed by atoms with van der Waals surface area (Å²) in [5, 5.41) is 12.6. The van der Waals surface area contributed by atoms with Gasteiger partial charge in [0, 0.05) is 26.3 Å². The molecule has 0 unspecified atom stereocenters. The molecule has 19 heavy (non-hydrogen) atoms. The number of nitrogens with zero attached hydrogens (tertiary/aromatic N) is 1.